The molecule has 1 saturated heterocycles. The Kier molecular flexibility index (Phi) is 4.85. The first-order valence-electron chi connectivity index (χ1n) is 8.50. The van der Waals surface area contributed by atoms with Crippen LogP contribution in [0.15, 0.2) is 18.2 Å². The molecule has 0 radical (unpaired) electrons. The van der Waals surface area contributed by atoms with Crippen LogP contribution < -0.4 is 10.2 Å². The van der Waals surface area contributed by atoms with Gasteiger partial charge in [0.2, 0.25) is 11.8 Å². The van der Waals surface area contributed by atoms with Crippen molar-refractivity contribution in [2.24, 2.45) is 5.92 Å². The first kappa shape index (κ1) is 16.9. The largest absolute Gasteiger partial charge is 0.391 e. The molecule has 6 heteroatoms. The Morgan fingerprint density at radius 1 is 1.33 bits per heavy atom. The van der Waals surface area contributed by atoms with E-state index in [2.05, 4.69) is 5.32 Å². The van der Waals surface area contributed by atoms with Gasteiger partial charge in [-0.05, 0) is 37.5 Å². The predicted octanol–water partition coefficient (Wildman–Crippen LogP) is 1.91. The monoisotopic (exact) mass is 334 g/mol. The fraction of sp³-hybridized carbons (Fsp3) is 0.556. The van der Waals surface area contributed by atoms with Crippen LogP contribution in [-0.2, 0) is 9.59 Å². The number of carbonyl (C=O) groups is 2. The molecule has 1 saturated carbocycles. The second-order valence-corrected chi connectivity index (χ2v) is 6.83. The molecule has 1 aromatic carbocycles. The molecule has 24 heavy (non-hydrogen) atoms. The van der Waals surface area contributed by atoms with E-state index in [-0.39, 0.29) is 36.5 Å². The van der Waals surface area contributed by atoms with E-state index in [4.69, 9.17) is 0 Å². The summed E-state index contributed by atoms with van der Waals surface area (Å²) in [6, 6.07) is 4.46. The van der Waals surface area contributed by atoms with E-state index >= 15 is 0 Å². The van der Waals surface area contributed by atoms with Crippen molar-refractivity contribution in [3.63, 3.8) is 0 Å². The van der Waals surface area contributed by atoms with Crippen molar-refractivity contribution >= 4 is 17.5 Å². The highest BCUT2D eigenvalue weighted by Crippen LogP contribution is 2.28. The lowest BCUT2D eigenvalue weighted by atomic mass is 9.92. The summed E-state index contributed by atoms with van der Waals surface area (Å²) < 4.78 is 14.1. The Morgan fingerprint density at radius 2 is 2.08 bits per heavy atom. The quantitative estimate of drug-likeness (QED) is 0.887. The Balaban J connectivity index is 1.66. The lowest BCUT2D eigenvalue weighted by molar-refractivity contribution is -0.128. The van der Waals surface area contributed by atoms with E-state index in [1.807, 2.05) is 0 Å². The van der Waals surface area contributed by atoms with Gasteiger partial charge in [-0.25, -0.2) is 4.39 Å². The predicted molar refractivity (Wildman–Crippen MR) is 88.0 cm³/mol. The Morgan fingerprint density at radius 3 is 2.79 bits per heavy atom. The molecular weight excluding hydrogens is 311 g/mol. The molecule has 1 aromatic rings. The fourth-order valence-electron chi connectivity index (χ4n) is 3.53. The average Bonchev–Trinajstić information content (AvgIpc) is 2.91. The molecule has 2 N–H and O–H groups in total. The van der Waals surface area contributed by atoms with E-state index in [9.17, 15) is 19.1 Å². The second-order valence-electron chi connectivity index (χ2n) is 6.83. The van der Waals surface area contributed by atoms with Crippen LogP contribution in [0.3, 0.4) is 0 Å². The first-order chi connectivity index (χ1) is 11.5. The number of nitrogens with zero attached hydrogens (tertiary/aromatic N) is 1. The van der Waals surface area contributed by atoms with Crippen LogP contribution in [-0.4, -0.2) is 35.6 Å². The number of hydrogen-bond acceptors (Lipinski definition) is 3. The Labute approximate surface area is 140 Å². The molecule has 1 aliphatic heterocycles. The number of anilines is 1. The number of aliphatic hydroxyl groups excluding tert-OH is 1. The average molecular weight is 334 g/mol. The molecule has 2 amide bonds. The molecule has 2 fully saturated rings. The van der Waals surface area contributed by atoms with Gasteiger partial charge in [-0.2, -0.15) is 0 Å². The van der Waals surface area contributed by atoms with E-state index in [0.29, 0.717) is 6.42 Å². The summed E-state index contributed by atoms with van der Waals surface area (Å²) in [6.45, 7) is 1.96. The summed E-state index contributed by atoms with van der Waals surface area (Å²) in [6.07, 6.45) is 2.94. The van der Waals surface area contributed by atoms with Crippen LogP contribution in [0.1, 0.15) is 37.7 Å². The third-order valence-electron chi connectivity index (χ3n) is 4.95. The van der Waals surface area contributed by atoms with Gasteiger partial charge in [0.05, 0.1) is 23.8 Å². The molecule has 0 bridgehead atoms. The number of aliphatic hydroxyl groups is 1. The van der Waals surface area contributed by atoms with Crippen LogP contribution in [0.25, 0.3) is 0 Å². The lowest BCUT2D eigenvalue weighted by Gasteiger charge is -2.29. The SMILES string of the molecule is Cc1ccc(N2CC(C(=O)NC3CCCCC3O)CC2=O)c(F)c1. The summed E-state index contributed by atoms with van der Waals surface area (Å²) in [7, 11) is 0. The summed E-state index contributed by atoms with van der Waals surface area (Å²) in [5, 5.41) is 12.8. The highest BCUT2D eigenvalue weighted by Gasteiger charge is 2.37. The number of aryl methyl sites for hydroxylation is 1. The minimum absolute atomic E-state index is 0.0714. The molecule has 1 aliphatic carbocycles. The summed E-state index contributed by atoms with van der Waals surface area (Å²) in [4.78, 5) is 26.0. The van der Waals surface area contributed by atoms with Crippen molar-refractivity contribution in [1.29, 1.82) is 0 Å². The standard InChI is InChI=1S/C18H23FN2O3/c1-11-6-7-15(13(19)8-11)21-10-12(9-17(21)23)18(24)20-14-4-2-3-5-16(14)22/h6-8,12,14,16,22H,2-5,9-10H2,1H3,(H,20,24). The summed E-state index contributed by atoms with van der Waals surface area (Å²) in [5.41, 5.74) is 1.00. The third kappa shape index (κ3) is 3.43. The van der Waals surface area contributed by atoms with E-state index in [1.54, 1.807) is 19.1 Å². The number of carbonyl (C=O) groups excluding carboxylic acids is 2. The van der Waals surface area contributed by atoms with Gasteiger partial charge in [0, 0.05) is 13.0 Å². The van der Waals surface area contributed by atoms with Crippen LogP contribution in [0, 0.1) is 18.7 Å². The zero-order valence-corrected chi connectivity index (χ0v) is 13.8. The molecule has 3 atom stereocenters. The number of rotatable bonds is 3. The number of halogens is 1. The van der Waals surface area contributed by atoms with Gasteiger partial charge in [-0.3, -0.25) is 9.59 Å². The van der Waals surface area contributed by atoms with Crippen molar-refractivity contribution in [2.45, 2.75) is 51.2 Å². The smallest absolute Gasteiger partial charge is 0.227 e. The molecule has 130 valence electrons. The normalized spacial score (nSPS) is 27.4. The maximum atomic E-state index is 14.1. The van der Waals surface area contributed by atoms with Crippen molar-refractivity contribution < 1.29 is 19.1 Å². The zero-order chi connectivity index (χ0) is 17.3. The number of hydrogen-bond donors (Lipinski definition) is 2. The minimum atomic E-state index is -0.523. The van der Waals surface area contributed by atoms with Crippen LogP contribution in [0.4, 0.5) is 10.1 Å². The highest BCUT2D eigenvalue weighted by molar-refractivity contribution is 6.00. The maximum Gasteiger partial charge on any atom is 0.227 e. The summed E-state index contributed by atoms with van der Waals surface area (Å²) in [5.74, 6) is -1.44. The van der Waals surface area contributed by atoms with Gasteiger partial charge in [0.15, 0.2) is 0 Å². The lowest BCUT2D eigenvalue weighted by Crippen LogP contribution is -2.47. The van der Waals surface area contributed by atoms with E-state index in [1.165, 1.54) is 11.0 Å². The molecule has 3 rings (SSSR count). The molecule has 0 spiro atoms. The maximum absolute atomic E-state index is 14.1. The molecule has 3 unspecified atom stereocenters. The van der Waals surface area contributed by atoms with Crippen molar-refractivity contribution in [2.75, 3.05) is 11.4 Å². The van der Waals surface area contributed by atoms with E-state index < -0.39 is 17.8 Å². The van der Waals surface area contributed by atoms with Crippen molar-refractivity contribution in [1.82, 2.24) is 5.32 Å². The van der Waals surface area contributed by atoms with Gasteiger partial charge >= 0.3 is 0 Å². The van der Waals surface area contributed by atoms with E-state index in [0.717, 1.165) is 24.8 Å². The molecular formula is C18H23FN2O3. The molecule has 1 heterocycles. The van der Waals surface area contributed by atoms with Gasteiger partial charge in [0.25, 0.3) is 0 Å². The topological polar surface area (TPSA) is 69.6 Å². The Hall–Kier alpha value is -1.95. The Bertz CT molecular complexity index is 649. The van der Waals surface area contributed by atoms with Gasteiger partial charge in [-0.15, -0.1) is 0 Å². The highest BCUT2D eigenvalue weighted by atomic mass is 19.1. The van der Waals surface area contributed by atoms with Crippen LogP contribution >= 0.6 is 0 Å². The fourth-order valence-corrected chi connectivity index (χ4v) is 3.53. The number of benzene rings is 1. The minimum Gasteiger partial charge on any atom is -0.391 e. The van der Waals surface area contributed by atoms with Crippen molar-refractivity contribution in [3.8, 4) is 0 Å². The molecule has 2 aliphatic rings. The molecule has 5 nitrogen and oxygen atoms in total. The summed E-state index contributed by atoms with van der Waals surface area (Å²) >= 11 is 0. The van der Waals surface area contributed by atoms with Gasteiger partial charge < -0.3 is 15.3 Å². The molecule has 0 aromatic heterocycles. The number of nitrogens with one attached hydrogen (secondary N) is 1. The zero-order valence-electron chi connectivity index (χ0n) is 13.8. The van der Waals surface area contributed by atoms with Gasteiger partial charge in [-0.1, -0.05) is 18.9 Å². The first-order valence-corrected chi connectivity index (χ1v) is 8.50. The third-order valence-corrected chi connectivity index (χ3v) is 4.95. The van der Waals surface area contributed by atoms with Crippen LogP contribution in [0.5, 0.6) is 0 Å². The van der Waals surface area contributed by atoms with Gasteiger partial charge in [0.1, 0.15) is 5.82 Å². The second kappa shape index (κ2) is 6.89. The number of amides is 2. The van der Waals surface area contributed by atoms with Crippen molar-refractivity contribution in [3.05, 3.63) is 29.6 Å². The van der Waals surface area contributed by atoms with Crippen LogP contribution in [0.2, 0.25) is 0 Å².